The number of amides is 2. The number of fused-ring (bicyclic) bond motifs is 1. The molecule has 2 aliphatic rings. The molecule has 0 bridgehead atoms. The first-order valence-electron chi connectivity index (χ1n) is 10.2. The van der Waals surface area contributed by atoms with E-state index in [0.717, 1.165) is 36.5 Å². The van der Waals surface area contributed by atoms with Gasteiger partial charge in [-0.05, 0) is 38.1 Å². The molecule has 2 aliphatic heterocycles. The van der Waals surface area contributed by atoms with E-state index in [1.165, 1.54) is 19.3 Å². The molecule has 1 fully saturated rings. The minimum Gasteiger partial charge on any atom is -0.390 e. The second-order valence-corrected chi connectivity index (χ2v) is 7.78. The van der Waals surface area contributed by atoms with Gasteiger partial charge in [0.2, 0.25) is 0 Å². The highest BCUT2D eigenvalue weighted by molar-refractivity contribution is 5.89. The molecule has 28 heavy (non-hydrogen) atoms. The number of hydrogen-bond donors (Lipinski definition) is 2. The lowest BCUT2D eigenvalue weighted by Gasteiger charge is -2.29. The van der Waals surface area contributed by atoms with Crippen molar-refractivity contribution in [2.24, 2.45) is 0 Å². The Labute approximate surface area is 165 Å². The van der Waals surface area contributed by atoms with E-state index in [4.69, 9.17) is 0 Å². The van der Waals surface area contributed by atoms with E-state index in [1.54, 1.807) is 0 Å². The highest BCUT2D eigenvalue weighted by atomic mass is 16.3. The number of aliphatic hydroxyl groups is 1. The number of anilines is 1. The summed E-state index contributed by atoms with van der Waals surface area (Å²) >= 11 is 0. The van der Waals surface area contributed by atoms with Crippen molar-refractivity contribution in [2.75, 3.05) is 31.5 Å². The van der Waals surface area contributed by atoms with E-state index in [0.29, 0.717) is 26.2 Å². The monoisotopic (exact) mass is 383 g/mol. The van der Waals surface area contributed by atoms with Crippen molar-refractivity contribution in [1.29, 1.82) is 0 Å². The smallest absolute Gasteiger partial charge is 0.322 e. The van der Waals surface area contributed by atoms with Crippen molar-refractivity contribution in [3.8, 4) is 0 Å². The molecule has 7 heteroatoms. The fourth-order valence-electron chi connectivity index (χ4n) is 4.15. The molecular formula is C21H29N5O2. The first kappa shape index (κ1) is 19.0. The third kappa shape index (κ3) is 4.54. The van der Waals surface area contributed by atoms with E-state index in [2.05, 4.69) is 15.3 Å². The van der Waals surface area contributed by atoms with Crippen LogP contribution in [0.2, 0.25) is 0 Å². The first-order valence-corrected chi connectivity index (χ1v) is 10.2. The molecule has 0 radical (unpaired) electrons. The summed E-state index contributed by atoms with van der Waals surface area (Å²) in [6, 6.07) is 9.42. The molecule has 2 N–H and O–H groups in total. The van der Waals surface area contributed by atoms with Gasteiger partial charge in [0.1, 0.15) is 0 Å². The van der Waals surface area contributed by atoms with Crippen LogP contribution in [0, 0.1) is 0 Å². The number of aromatic nitrogens is 2. The summed E-state index contributed by atoms with van der Waals surface area (Å²) in [6.07, 6.45) is 5.93. The lowest BCUT2D eigenvalue weighted by atomic mass is 10.1. The minimum atomic E-state index is -0.415. The predicted octanol–water partition coefficient (Wildman–Crippen LogP) is 2.32. The molecule has 2 aromatic rings. The number of nitrogens with zero attached hydrogens (tertiary/aromatic N) is 4. The number of urea groups is 1. The molecule has 3 heterocycles. The summed E-state index contributed by atoms with van der Waals surface area (Å²) in [4.78, 5) is 16.7. The highest BCUT2D eigenvalue weighted by Crippen LogP contribution is 2.20. The fourth-order valence-corrected chi connectivity index (χ4v) is 4.15. The van der Waals surface area contributed by atoms with Gasteiger partial charge in [0.05, 0.1) is 25.4 Å². The van der Waals surface area contributed by atoms with Crippen LogP contribution in [-0.2, 0) is 19.5 Å². The number of piperidine rings is 1. The first-order chi connectivity index (χ1) is 13.7. The van der Waals surface area contributed by atoms with Crippen LogP contribution in [0.25, 0.3) is 0 Å². The van der Waals surface area contributed by atoms with Gasteiger partial charge >= 0.3 is 6.03 Å². The zero-order valence-electron chi connectivity index (χ0n) is 16.3. The third-order valence-electron chi connectivity index (χ3n) is 5.63. The Morgan fingerprint density at radius 2 is 1.89 bits per heavy atom. The number of hydrogen-bond acceptors (Lipinski definition) is 4. The average Bonchev–Trinajstić information content (AvgIpc) is 3.11. The molecule has 0 aliphatic carbocycles. The maximum atomic E-state index is 12.5. The van der Waals surface area contributed by atoms with Crippen LogP contribution >= 0.6 is 0 Å². The maximum absolute atomic E-state index is 12.5. The maximum Gasteiger partial charge on any atom is 0.322 e. The molecule has 1 saturated heterocycles. The third-order valence-corrected chi connectivity index (χ3v) is 5.63. The van der Waals surface area contributed by atoms with E-state index < -0.39 is 6.10 Å². The van der Waals surface area contributed by atoms with E-state index in [-0.39, 0.29) is 6.03 Å². The zero-order valence-corrected chi connectivity index (χ0v) is 16.3. The number of para-hydroxylation sites is 1. The topological polar surface area (TPSA) is 73.6 Å². The van der Waals surface area contributed by atoms with Gasteiger partial charge in [-0.2, -0.15) is 5.10 Å². The Balaban J connectivity index is 1.33. The lowest BCUT2D eigenvalue weighted by molar-refractivity contribution is 0.0846. The van der Waals surface area contributed by atoms with Crippen molar-refractivity contribution >= 4 is 11.7 Å². The summed E-state index contributed by atoms with van der Waals surface area (Å²) in [5, 5.41) is 17.9. The molecule has 1 aromatic carbocycles. The largest absolute Gasteiger partial charge is 0.390 e. The average molecular weight is 383 g/mol. The summed E-state index contributed by atoms with van der Waals surface area (Å²) in [5.74, 6) is 0. The number of likely N-dealkylation sites (tertiary alicyclic amines) is 1. The summed E-state index contributed by atoms with van der Waals surface area (Å²) in [7, 11) is 0. The van der Waals surface area contributed by atoms with Gasteiger partial charge in [0.15, 0.2) is 0 Å². The van der Waals surface area contributed by atoms with E-state index in [9.17, 15) is 9.90 Å². The fraction of sp³-hybridized carbons (Fsp3) is 0.524. The molecule has 4 rings (SSSR count). The van der Waals surface area contributed by atoms with Gasteiger partial charge in [0, 0.05) is 36.5 Å². The van der Waals surface area contributed by atoms with Crippen LogP contribution in [0.3, 0.4) is 0 Å². The Bertz CT molecular complexity index is 785. The molecule has 2 amide bonds. The Hall–Kier alpha value is -2.38. The number of nitrogens with one attached hydrogen (secondary N) is 1. The van der Waals surface area contributed by atoms with Gasteiger partial charge in [-0.1, -0.05) is 24.6 Å². The SMILES string of the molecule is O=C(Nc1ccccc1)N1CCc2c(cnn2C[C@@H](O)CN2CCCCC2)C1. The van der Waals surface area contributed by atoms with Crippen LogP contribution < -0.4 is 5.32 Å². The van der Waals surface area contributed by atoms with Gasteiger partial charge in [-0.15, -0.1) is 0 Å². The van der Waals surface area contributed by atoms with E-state index in [1.807, 2.05) is 46.1 Å². The quantitative estimate of drug-likeness (QED) is 0.831. The number of aliphatic hydroxyl groups excluding tert-OH is 1. The van der Waals surface area contributed by atoms with Crippen molar-refractivity contribution in [1.82, 2.24) is 19.6 Å². The summed E-state index contributed by atoms with van der Waals surface area (Å²) in [6.45, 7) is 4.59. The van der Waals surface area contributed by atoms with Crippen LogP contribution in [0.1, 0.15) is 30.5 Å². The second-order valence-electron chi connectivity index (χ2n) is 7.78. The number of β-amino-alcohol motifs (C(OH)–C–C–N with tert-alkyl or cyclic N) is 1. The van der Waals surface area contributed by atoms with Crippen LogP contribution in [-0.4, -0.2) is 63.0 Å². The standard InChI is InChI=1S/C21H29N5O2/c27-19(15-24-10-5-2-6-11-24)16-26-20-9-12-25(14-17(20)13-22-26)21(28)23-18-7-3-1-4-8-18/h1,3-4,7-8,13,19,27H,2,5-6,9-12,14-16H2,(H,23,28)/t19-/m0/s1. The van der Waals surface area contributed by atoms with Gasteiger partial charge < -0.3 is 20.2 Å². The van der Waals surface area contributed by atoms with Crippen molar-refractivity contribution in [3.05, 3.63) is 47.8 Å². The molecule has 0 saturated carbocycles. The zero-order chi connectivity index (χ0) is 19.3. The predicted molar refractivity (Wildman–Crippen MR) is 108 cm³/mol. The molecule has 1 atom stereocenters. The van der Waals surface area contributed by atoms with Crippen LogP contribution in [0.15, 0.2) is 36.5 Å². The number of benzene rings is 1. The summed E-state index contributed by atoms with van der Waals surface area (Å²) < 4.78 is 1.93. The van der Waals surface area contributed by atoms with E-state index >= 15 is 0 Å². The van der Waals surface area contributed by atoms with Gasteiger partial charge in [0.25, 0.3) is 0 Å². The Morgan fingerprint density at radius 1 is 1.11 bits per heavy atom. The molecular weight excluding hydrogens is 354 g/mol. The van der Waals surface area contributed by atoms with Gasteiger partial charge in [-0.25, -0.2) is 4.79 Å². The molecule has 1 aromatic heterocycles. The van der Waals surface area contributed by atoms with Crippen LogP contribution in [0.5, 0.6) is 0 Å². The molecule has 0 unspecified atom stereocenters. The minimum absolute atomic E-state index is 0.0882. The normalized spacial score (nSPS) is 18.5. The van der Waals surface area contributed by atoms with Crippen molar-refractivity contribution < 1.29 is 9.90 Å². The number of carbonyl (C=O) groups excluding carboxylic acids is 1. The Morgan fingerprint density at radius 3 is 2.68 bits per heavy atom. The number of rotatable bonds is 5. The highest BCUT2D eigenvalue weighted by Gasteiger charge is 2.25. The second kappa shape index (κ2) is 8.75. The molecule has 7 nitrogen and oxygen atoms in total. The van der Waals surface area contributed by atoms with Crippen molar-refractivity contribution in [3.63, 3.8) is 0 Å². The molecule has 0 spiro atoms. The Kier molecular flexibility index (Phi) is 5.92. The lowest BCUT2D eigenvalue weighted by Crippen LogP contribution is -2.40. The van der Waals surface area contributed by atoms with Crippen molar-refractivity contribution in [2.45, 2.75) is 44.9 Å². The van der Waals surface area contributed by atoms with Crippen LogP contribution in [0.4, 0.5) is 10.5 Å². The molecule has 150 valence electrons. The number of carbonyl (C=O) groups is 1. The summed E-state index contributed by atoms with van der Waals surface area (Å²) in [5.41, 5.74) is 3.01. The van der Waals surface area contributed by atoms with Gasteiger partial charge in [-0.3, -0.25) is 4.68 Å².